The van der Waals surface area contributed by atoms with Crippen LogP contribution in [-0.2, 0) is 11.2 Å². The van der Waals surface area contributed by atoms with Crippen LogP contribution >= 0.6 is 0 Å². The van der Waals surface area contributed by atoms with E-state index in [1.807, 2.05) is 63.2 Å². The average Bonchev–Trinajstić information content (AvgIpc) is 2.68. The minimum Gasteiger partial charge on any atom is -0.497 e. The SMILES string of the molecule is CCOc1ccc(CCC(=O)NC(C)c2ccc(OC)cc2)cc1OCC. The molecule has 0 radical (unpaired) electrons. The van der Waals surface area contributed by atoms with Gasteiger partial charge in [-0.05, 0) is 62.6 Å². The second-order valence-corrected chi connectivity index (χ2v) is 6.21. The third-order valence-corrected chi connectivity index (χ3v) is 4.24. The Bertz CT molecular complexity index is 728. The van der Waals surface area contributed by atoms with Crippen molar-refractivity contribution in [2.24, 2.45) is 0 Å². The van der Waals surface area contributed by atoms with Gasteiger partial charge in [0.25, 0.3) is 0 Å². The molecule has 27 heavy (non-hydrogen) atoms. The van der Waals surface area contributed by atoms with Crippen molar-refractivity contribution in [3.8, 4) is 17.2 Å². The van der Waals surface area contributed by atoms with Crippen molar-refractivity contribution in [3.05, 3.63) is 53.6 Å². The molecule has 0 aliphatic rings. The van der Waals surface area contributed by atoms with Gasteiger partial charge in [-0.25, -0.2) is 0 Å². The van der Waals surface area contributed by atoms with E-state index in [9.17, 15) is 4.79 Å². The molecule has 1 atom stereocenters. The molecule has 1 unspecified atom stereocenters. The number of methoxy groups -OCH3 is 1. The Balaban J connectivity index is 1.91. The summed E-state index contributed by atoms with van der Waals surface area (Å²) in [5, 5.41) is 3.04. The zero-order chi connectivity index (χ0) is 19.6. The Morgan fingerprint density at radius 3 is 2.30 bits per heavy atom. The summed E-state index contributed by atoms with van der Waals surface area (Å²) in [4.78, 5) is 12.3. The van der Waals surface area contributed by atoms with Crippen molar-refractivity contribution in [2.45, 2.75) is 39.7 Å². The van der Waals surface area contributed by atoms with E-state index in [0.717, 1.165) is 28.4 Å². The molecule has 5 heteroatoms. The van der Waals surface area contributed by atoms with E-state index in [1.165, 1.54) is 0 Å². The van der Waals surface area contributed by atoms with Crippen molar-refractivity contribution in [2.75, 3.05) is 20.3 Å². The molecule has 1 N–H and O–H groups in total. The molecule has 0 aliphatic heterocycles. The van der Waals surface area contributed by atoms with Gasteiger partial charge in [-0.3, -0.25) is 4.79 Å². The van der Waals surface area contributed by atoms with Crippen LogP contribution in [0, 0.1) is 0 Å². The van der Waals surface area contributed by atoms with Crippen LogP contribution in [-0.4, -0.2) is 26.2 Å². The van der Waals surface area contributed by atoms with Gasteiger partial charge in [-0.15, -0.1) is 0 Å². The molecule has 2 rings (SSSR count). The maximum absolute atomic E-state index is 12.3. The van der Waals surface area contributed by atoms with Crippen molar-refractivity contribution in [1.82, 2.24) is 5.32 Å². The van der Waals surface area contributed by atoms with Crippen LogP contribution in [0.25, 0.3) is 0 Å². The normalized spacial score (nSPS) is 11.6. The third kappa shape index (κ3) is 6.20. The van der Waals surface area contributed by atoms with Crippen LogP contribution in [0.2, 0.25) is 0 Å². The molecule has 5 nitrogen and oxygen atoms in total. The lowest BCUT2D eigenvalue weighted by molar-refractivity contribution is -0.121. The third-order valence-electron chi connectivity index (χ3n) is 4.24. The number of carbonyl (C=O) groups excluding carboxylic acids is 1. The summed E-state index contributed by atoms with van der Waals surface area (Å²) in [5.41, 5.74) is 2.10. The first-order valence-corrected chi connectivity index (χ1v) is 9.39. The quantitative estimate of drug-likeness (QED) is 0.676. The predicted octanol–water partition coefficient (Wildman–Crippen LogP) is 4.30. The molecule has 0 spiro atoms. The minimum atomic E-state index is -0.0530. The summed E-state index contributed by atoms with van der Waals surface area (Å²) in [7, 11) is 1.64. The van der Waals surface area contributed by atoms with Gasteiger partial charge in [0.15, 0.2) is 11.5 Å². The fourth-order valence-electron chi connectivity index (χ4n) is 2.80. The number of amides is 1. The van der Waals surface area contributed by atoms with Gasteiger partial charge < -0.3 is 19.5 Å². The van der Waals surface area contributed by atoms with Crippen LogP contribution in [0.1, 0.15) is 44.4 Å². The first-order chi connectivity index (χ1) is 13.1. The Labute approximate surface area is 161 Å². The molecule has 0 saturated carbocycles. The van der Waals surface area contributed by atoms with E-state index in [-0.39, 0.29) is 11.9 Å². The highest BCUT2D eigenvalue weighted by Crippen LogP contribution is 2.29. The monoisotopic (exact) mass is 371 g/mol. The lowest BCUT2D eigenvalue weighted by Gasteiger charge is -2.15. The smallest absolute Gasteiger partial charge is 0.220 e. The van der Waals surface area contributed by atoms with Crippen molar-refractivity contribution in [3.63, 3.8) is 0 Å². The number of hydrogen-bond acceptors (Lipinski definition) is 4. The lowest BCUT2D eigenvalue weighted by Crippen LogP contribution is -2.26. The molecule has 0 fully saturated rings. The Hall–Kier alpha value is -2.69. The second kappa shape index (κ2) is 10.5. The van der Waals surface area contributed by atoms with E-state index in [2.05, 4.69) is 5.32 Å². The van der Waals surface area contributed by atoms with Crippen LogP contribution < -0.4 is 19.5 Å². The highest BCUT2D eigenvalue weighted by atomic mass is 16.5. The van der Waals surface area contributed by atoms with Gasteiger partial charge >= 0.3 is 0 Å². The summed E-state index contributed by atoms with van der Waals surface area (Å²) in [6.45, 7) is 7.02. The summed E-state index contributed by atoms with van der Waals surface area (Å²) >= 11 is 0. The van der Waals surface area contributed by atoms with Gasteiger partial charge in [0.05, 0.1) is 26.4 Å². The minimum absolute atomic E-state index is 0.0187. The molecule has 0 bridgehead atoms. The Morgan fingerprint density at radius 1 is 1.00 bits per heavy atom. The molecule has 0 aromatic heterocycles. The standard InChI is InChI=1S/C22H29NO4/c1-5-26-20-13-7-17(15-21(20)27-6-2)8-14-22(24)23-16(3)18-9-11-19(25-4)12-10-18/h7,9-13,15-16H,5-6,8,14H2,1-4H3,(H,23,24). The number of carbonyl (C=O) groups is 1. The highest BCUT2D eigenvalue weighted by Gasteiger charge is 2.11. The molecule has 0 aliphatic carbocycles. The zero-order valence-corrected chi connectivity index (χ0v) is 16.6. The fraction of sp³-hybridized carbons (Fsp3) is 0.409. The number of ether oxygens (including phenoxy) is 3. The molecule has 0 heterocycles. The highest BCUT2D eigenvalue weighted by molar-refractivity contribution is 5.76. The molecule has 1 amide bonds. The second-order valence-electron chi connectivity index (χ2n) is 6.21. The summed E-state index contributed by atoms with van der Waals surface area (Å²) in [6.07, 6.45) is 1.06. The number of rotatable bonds is 10. The Kier molecular flexibility index (Phi) is 7.99. The molecule has 0 saturated heterocycles. The fourth-order valence-corrected chi connectivity index (χ4v) is 2.80. The molecule has 2 aromatic rings. The summed E-state index contributed by atoms with van der Waals surface area (Å²) in [5.74, 6) is 2.28. The van der Waals surface area contributed by atoms with E-state index in [1.54, 1.807) is 7.11 Å². The molecule has 146 valence electrons. The van der Waals surface area contributed by atoms with E-state index < -0.39 is 0 Å². The van der Waals surface area contributed by atoms with Gasteiger partial charge in [-0.2, -0.15) is 0 Å². The van der Waals surface area contributed by atoms with E-state index in [4.69, 9.17) is 14.2 Å². The first kappa shape index (κ1) is 20.6. The lowest BCUT2D eigenvalue weighted by atomic mass is 10.1. The molecule has 2 aromatic carbocycles. The van der Waals surface area contributed by atoms with Crippen molar-refractivity contribution in [1.29, 1.82) is 0 Å². The largest absolute Gasteiger partial charge is 0.497 e. The first-order valence-electron chi connectivity index (χ1n) is 9.39. The number of aryl methyl sites for hydroxylation is 1. The van der Waals surface area contributed by atoms with Crippen LogP contribution in [0.3, 0.4) is 0 Å². The van der Waals surface area contributed by atoms with Gasteiger partial charge in [0.1, 0.15) is 5.75 Å². The maximum atomic E-state index is 12.3. The average molecular weight is 371 g/mol. The van der Waals surface area contributed by atoms with E-state index in [0.29, 0.717) is 26.1 Å². The van der Waals surface area contributed by atoms with Crippen LogP contribution in [0.4, 0.5) is 0 Å². The van der Waals surface area contributed by atoms with Gasteiger partial charge in [0, 0.05) is 6.42 Å². The van der Waals surface area contributed by atoms with Gasteiger partial charge in [0.2, 0.25) is 5.91 Å². The van der Waals surface area contributed by atoms with Crippen LogP contribution in [0.5, 0.6) is 17.2 Å². The van der Waals surface area contributed by atoms with Gasteiger partial charge in [-0.1, -0.05) is 18.2 Å². The van der Waals surface area contributed by atoms with Crippen molar-refractivity contribution >= 4 is 5.91 Å². The summed E-state index contributed by atoms with van der Waals surface area (Å²) < 4.78 is 16.4. The summed E-state index contributed by atoms with van der Waals surface area (Å²) in [6, 6.07) is 13.5. The predicted molar refractivity (Wildman–Crippen MR) is 107 cm³/mol. The number of nitrogens with one attached hydrogen (secondary N) is 1. The van der Waals surface area contributed by atoms with Crippen LogP contribution in [0.15, 0.2) is 42.5 Å². The van der Waals surface area contributed by atoms with Crippen molar-refractivity contribution < 1.29 is 19.0 Å². The number of benzene rings is 2. The maximum Gasteiger partial charge on any atom is 0.220 e. The zero-order valence-electron chi connectivity index (χ0n) is 16.6. The van der Waals surface area contributed by atoms with E-state index >= 15 is 0 Å². The molecular formula is C22H29NO4. The number of hydrogen-bond donors (Lipinski definition) is 1. The molecular weight excluding hydrogens is 342 g/mol. The topological polar surface area (TPSA) is 56.8 Å². The Morgan fingerprint density at radius 2 is 1.67 bits per heavy atom.